The number of carbonyl (C=O) groups is 1. The Morgan fingerprint density at radius 3 is 2.63 bits per heavy atom. The van der Waals surface area contributed by atoms with E-state index in [2.05, 4.69) is 10.6 Å². The third kappa shape index (κ3) is 4.44. The molecule has 0 saturated carbocycles. The molecule has 1 fully saturated rings. The first-order valence-electron chi connectivity index (χ1n) is 6.07. The highest BCUT2D eigenvalue weighted by Gasteiger charge is 2.17. The number of hydrogen-bond donors (Lipinski definition) is 2. The summed E-state index contributed by atoms with van der Waals surface area (Å²) >= 11 is 0. The Balaban J connectivity index is 0.00000180. The van der Waals surface area contributed by atoms with Crippen LogP contribution in [0.2, 0.25) is 0 Å². The predicted molar refractivity (Wildman–Crippen MR) is 71.3 cm³/mol. The SMILES string of the molecule is Cl.O=C(Cc1c(F)cccc1F)NCC1CCNC1. The van der Waals surface area contributed by atoms with Crippen LogP contribution in [0.5, 0.6) is 0 Å². The van der Waals surface area contributed by atoms with Crippen molar-refractivity contribution in [2.24, 2.45) is 5.92 Å². The van der Waals surface area contributed by atoms with Crippen LogP contribution >= 0.6 is 12.4 Å². The van der Waals surface area contributed by atoms with Crippen molar-refractivity contribution in [1.29, 1.82) is 0 Å². The maximum absolute atomic E-state index is 13.3. The Morgan fingerprint density at radius 2 is 2.05 bits per heavy atom. The molecule has 1 saturated heterocycles. The van der Waals surface area contributed by atoms with Crippen LogP contribution < -0.4 is 10.6 Å². The zero-order valence-corrected chi connectivity index (χ0v) is 11.2. The van der Waals surface area contributed by atoms with Gasteiger partial charge in [-0.2, -0.15) is 0 Å². The number of hydrogen-bond acceptors (Lipinski definition) is 2. The molecular formula is C13H17ClF2N2O. The van der Waals surface area contributed by atoms with Crippen LogP contribution in [0.3, 0.4) is 0 Å². The number of halogens is 3. The highest BCUT2D eigenvalue weighted by atomic mass is 35.5. The summed E-state index contributed by atoms with van der Waals surface area (Å²) < 4.78 is 26.6. The lowest BCUT2D eigenvalue weighted by Crippen LogP contribution is -2.31. The molecule has 1 atom stereocenters. The topological polar surface area (TPSA) is 41.1 Å². The minimum absolute atomic E-state index is 0. The van der Waals surface area contributed by atoms with E-state index in [0.29, 0.717) is 12.5 Å². The summed E-state index contributed by atoms with van der Waals surface area (Å²) in [6.07, 6.45) is 0.771. The van der Waals surface area contributed by atoms with Crippen LogP contribution in [0.1, 0.15) is 12.0 Å². The van der Waals surface area contributed by atoms with E-state index < -0.39 is 11.6 Å². The molecule has 2 rings (SSSR count). The van der Waals surface area contributed by atoms with Gasteiger partial charge in [0.05, 0.1) is 6.42 Å². The van der Waals surface area contributed by atoms with Gasteiger partial charge in [-0.3, -0.25) is 4.79 Å². The van der Waals surface area contributed by atoms with Crippen molar-refractivity contribution < 1.29 is 13.6 Å². The van der Waals surface area contributed by atoms with E-state index in [9.17, 15) is 13.6 Å². The monoisotopic (exact) mass is 290 g/mol. The molecule has 106 valence electrons. The molecule has 1 unspecified atom stereocenters. The molecule has 6 heteroatoms. The average molecular weight is 291 g/mol. The van der Waals surface area contributed by atoms with Crippen LogP contribution in [0.4, 0.5) is 8.78 Å². The van der Waals surface area contributed by atoms with E-state index in [1.807, 2.05) is 0 Å². The zero-order chi connectivity index (χ0) is 13.0. The molecule has 3 nitrogen and oxygen atoms in total. The minimum Gasteiger partial charge on any atom is -0.355 e. The molecule has 1 aliphatic heterocycles. The summed E-state index contributed by atoms with van der Waals surface area (Å²) in [5.74, 6) is -1.27. The second kappa shape index (κ2) is 7.40. The molecular weight excluding hydrogens is 274 g/mol. The van der Waals surface area contributed by atoms with Crippen LogP contribution in [0, 0.1) is 17.6 Å². The fourth-order valence-electron chi connectivity index (χ4n) is 2.07. The van der Waals surface area contributed by atoms with Gasteiger partial charge in [-0.1, -0.05) is 6.07 Å². The van der Waals surface area contributed by atoms with Crippen LogP contribution in [-0.4, -0.2) is 25.5 Å². The largest absolute Gasteiger partial charge is 0.355 e. The fraction of sp³-hybridized carbons (Fsp3) is 0.462. The van der Waals surface area contributed by atoms with E-state index in [1.165, 1.54) is 6.07 Å². The van der Waals surface area contributed by atoms with Crippen molar-refractivity contribution in [3.63, 3.8) is 0 Å². The average Bonchev–Trinajstić information content (AvgIpc) is 2.84. The number of nitrogens with one attached hydrogen (secondary N) is 2. The molecule has 2 N–H and O–H groups in total. The van der Waals surface area contributed by atoms with Crippen molar-refractivity contribution in [3.05, 3.63) is 35.4 Å². The molecule has 0 aromatic heterocycles. The summed E-state index contributed by atoms with van der Waals surface area (Å²) in [6, 6.07) is 3.61. The third-order valence-corrected chi connectivity index (χ3v) is 3.15. The van der Waals surface area contributed by atoms with Gasteiger partial charge in [-0.15, -0.1) is 12.4 Å². The molecule has 0 spiro atoms. The van der Waals surface area contributed by atoms with Crippen molar-refractivity contribution in [2.45, 2.75) is 12.8 Å². The van der Waals surface area contributed by atoms with E-state index in [1.54, 1.807) is 0 Å². The highest BCUT2D eigenvalue weighted by Crippen LogP contribution is 2.12. The lowest BCUT2D eigenvalue weighted by molar-refractivity contribution is -0.120. The normalized spacial score (nSPS) is 17.9. The Hall–Kier alpha value is -1.20. The maximum Gasteiger partial charge on any atom is 0.224 e. The first-order valence-corrected chi connectivity index (χ1v) is 6.07. The lowest BCUT2D eigenvalue weighted by atomic mass is 10.1. The van der Waals surface area contributed by atoms with E-state index in [-0.39, 0.29) is 30.3 Å². The smallest absolute Gasteiger partial charge is 0.224 e. The van der Waals surface area contributed by atoms with Gasteiger partial charge >= 0.3 is 0 Å². The van der Waals surface area contributed by atoms with Gasteiger partial charge < -0.3 is 10.6 Å². The van der Waals surface area contributed by atoms with Gasteiger partial charge in [-0.25, -0.2) is 8.78 Å². The van der Waals surface area contributed by atoms with Gasteiger partial charge in [0.2, 0.25) is 5.91 Å². The summed E-state index contributed by atoms with van der Waals surface area (Å²) in [6.45, 7) is 2.40. The summed E-state index contributed by atoms with van der Waals surface area (Å²) in [4.78, 5) is 11.6. The highest BCUT2D eigenvalue weighted by molar-refractivity contribution is 5.85. The van der Waals surface area contributed by atoms with Crippen molar-refractivity contribution >= 4 is 18.3 Å². The molecule has 1 amide bonds. The quantitative estimate of drug-likeness (QED) is 0.885. The van der Waals surface area contributed by atoms with Gasteiger partial charge in [0.1, 0.15) is 11.6 Å². The van der Waals surface area contributed by atoms with E-state index in [0.717, 1.165) is 31.6 Å². The van der Waals surface area contributed by atoms with Crippen LogP contribution in [0.25, 0.3) is 0 Å². The predicted octanol–water partition coefficient (Wildman–Crippen LogP) is 1.65. The zero-order valence-electron chi connectivity index (χ0n) is 10.4. The summed E-state index contributed by atoms with van der Waals surface area (Å²) in [5, 5.41) is 5.91. The van der Waals surface area contributed by atoms with Crippen LogP contribution in [0.15, 0.2) is 18.2 Å². The second-order valence-electron chi connectivity index (χ2n) is 4.54. The lowest BCUT2D eigenvalue weighted by Gasteiger charge is -2.10. The minimum atomic E-state index is -0.673. The van der Waals surface area contributed by atoms with E-state index >= 15 is 0 Å². The van der Waals surface area contributed by atoms with Crippen molar-refractivity contribution in [1.82, 2.24) is 10.6 Å². The Bertz CT molecular complexity index is 416. The molecule has 0 radical (unpaired) electrons. The molecule has 1 heterocycles. The number of rotatable bonds is 4. The van der Waals surface area contributed by atoms with Crippen LogP contribution in [-0.2, 0) is 11.2 Å². The van der Waals surface area contributed by atoms with Crippen molar-refractivity contribution in [2.75, 3.05) is 19.6 Å². The molecule has 1 aromatic rings. The molecule has 1 aromatic carbocycles. The number of benzene rings is 1. The van der Waals surface area contributed by atoms with Gasteiger partial charge in [0.15, 0.2) is 0 Å². The first kappa shape index (κ1) is 15.9. The Kier molecular flexibility index (Phi) is 6.18. The van der Waals surface area contributed by atoms with E-state index in [4.69, 9.17) is 0 Å². The Labute approximate surface area is 117 Å². The Morgan fingerprint density at radius 1 is 1.37 bits per heavy atom. The summed E-state index contributed by atoms with van der Waals surface area (Å²) in [5.41, 5.74) is -0.167. The van der Waals surface area contributed by atoms with Gasteiger partial charge in [0.25, 0.3) is 0 Å². The number of carbonyl (C=O) groups excluding carboxylic acids is 1. The standard InChI is InChI=1S/C13H16F2N2O.ClH/c14-11-2-1-3-12(15)10(11)6-13(18)17-8-9-4-5-16-7-9;/h1-3,9,16H,4-8H2,(H,17,18);1H. The van der Waals surface area contributed by atoms with Gasteiger partial charge in [-0.05, 0) is 37.6 Å². The number of amides is 1. The van der Waals surface area contributed by atoms with Gasteiger partial charge in [0, 0.05) is 12.1 Å². The second-order valence-corrected chi connectivity index (χ2v) is 4.54. The summed E-state index contributed by atoms with van der Waals surface area (Å²) in [7, 11) is 0. The molecule has 1 aliphatic rings. The molecule has 0 bridgehead atoms. The fourth-order valence-corrected chi connectivity index (χ4v) is 2.07. The third-order valence-electron chi connectivity index (χ3n) is 3.15. The maximum atomic E-state index is 13.3. The first-order chi connectivity index (χ1) is 8.66. The van der Waals surface area contributed by atoms with Crippen molar-refractivity contribution in [3.8, 4) is 0 Å². The molecule has 0 aliphatic carbocycles. The molecule has 19 heavy (non-hydrogen) atoms.